The number of nitrogens with two attached hydrogens (primary N) is 1. The van der Waals surface area contributed by atoms with E-state index in [1.54, 1.807) is 0 Å². The Labute approximate surface area is 155 Å². The van der Waals surface area contributed by atoms with Gasteiger partial charge in [-0.2, -0.15) is 0 Å². The van der Waals surface area contributed by atoms with E-state index in [-0.39, 0.29) is 0 Å². The minimum atomic E-state index is 0.479. The van der Waals surface area contributed by atoms with Crippen LogP contribution in [0.5, 0.6) is 0 Å². The van der Waals surface area contributed by atoms with Crippen molar-refractivity contribution in [2.45, 2.75) is 20.0 Å². The Hall–Kier alpha value is -2.43. The predicted molar refractivity (Wildman–Crippen MR) is 108 cm³/mol. The first kappa shape index (κ1) is 17.0. The van der Waals surface area contributed by atoms with Gasteiger partial charge >= 0.3 is 0 Å². The summed E-state index contributed by atoms with van der Waals surface area (Å²) < 4.78 is 0. The molecule has 26 heavy (non-hydrogen) atoms. The van der Waals surface area contributed by atoms with Crippen LogP contribution in [-0.4, -0.2) is 36.1 Å². The van der Waals surface area contributed by atoms with Gasteiger partial charge in [-0.15, -0.1) is 0 Å². The van der Waals surface area contributed by atoms with Crippen LogP contribution in [0.1, 0.15) is 16.8 Å². The van der Waals surface area contributed by atoms with Gasteiger partial charge in [0.15, 0.2) is 0 Å². The number of benzene rings is 2. The van der Waals surface area contributed by atoms with E-state index in [9.17, 15) is 0 Å². The van der Waals surface area contributed by atoms with Gasteiger partial charge < -0.3 is 10.6 Å². The van der Waals surface area contributed by atoms with Gasteiger partial charge in [-0.25, -0.2) is 0 Å². The highest BCUT2D eigenvalue weighted by Gasteiger charge is 2.20. The summed E-state index contributed by atoms with van der Waals surface area (Å²) in [5.41, 5.74) is 10.8. The standard InChI is InChI=1S/C22H26N4/c1-17-6-5-9-19-21(15-24-20(14-23)22(17)19)26-12-10-25(11-13-26)16-18-7-3-2-4-8-18/h2-9,15H,10-14,16,23H2,1H3. The number of fused-ring (bicyclic) bond motifs is 1. The van der Waals surface area contributed by atoms with Crippen molar-refractivity contribution in [2.24, 2.45) is 5.73 Å². The highest BCUT2D eigenvalue weighted by Crippen LogP contribution is 2.31. The van der Waals surface area contributed by atoms with Gasteiger partial charge in [0.25, 0.3) is 0 Å². The highest BCUT2D eigenvalue weighted by molar-refractivity contribution is 5.97. The average molecular weight is 346 g/mol. The van der Waals surface area contributed by atoms with Gasteiger partial charge in [-0.05, 0) is 18.1 Å². The molecule has 0 spiro atoms. The normalized spacial score (nSPS) is 15.5. The maximum atomic E-state index is 5.92. The van der Waals surface area contributed by atoms with Crippen LogP contribution < -0.4 is 10.6 Å². The summed E-state index contributed by atoms with van der Waals surface area (Å²) in [6, 6.07) is 17.2. The Morgan fingerprint density at radius 2 is 1.73 bits per heavy atom. The van der Waals surface area contributed by atoms with Crippen molar-refractivity contribution in [1.82, 2.24) is 9.88 Å². The van der Waals surface area contributed by atoms with Crippen LogP contribution in [0.15, 0.2) is 54.7 Å². The number of aryl methyl sites for hydroxylation is 1. The molecule has 0 atom stereocenters. The summed E-state index contributed by atoms with van der Waals surface area (Å²) in [4.78, 5) is 9.67. The summed E-state index contributed by atoms with van der Waals surface area (Å²) in [5, 5.41) is 2.50. The Morgan fingerprint density at radius 1 is 0.962 bits per heavy atom. The van der Waals surface area contributed by atoms with Crippen LogP contribution in [0.4, 0.5) is 5.69 Å². The molecule has 1 aromatic heterocycles. The number of anilines is 1. The zero-order chi connectivity index (χ0) is 17.9. The lowest BCUT2D eigenvalue weighted by molar-refractivity contribution is 0.250. The fourth-order valence-corrected chi connectivity index (χ4v) is 3.93. The molecule has 1 fully saturated rings. The SMILES string of the molecule is Cc1cccc2c(N3CCN(Cc4ccccc4)CC3)cnc(CN)c12. The van der Waals surface area contributed by atoms with Crippen molar-refractivity contribution in [3.05, 3.63) is 71.5 Å². The Balaban J connectivity index is 1.54. The fraction of sp³-hybridized carbons (Fsp3) is 0.318. The van der Waals surface area contributed by atoms with Crippen molar-refractivity contribution in [3.63, 3.8) is 0 Å². The Bertz CT molecular complexity index is 883. The predicted octanol–water partition coefficient (Wildman–Crippen LogP) is 3.32. The lowest BCUT2D eigenvalue weighted by Gasteiger charge is -2.36. The molecule has 3 aromatic rings. The maximum Gasteiger partial charge on any atom is 0.0633 e. The lowest BCUT2D eigenvalue weighted by atomic mass is 10.0. The summed E-state index contributed by atoms with van der Waals surface area (Å²) in [5.74, 6) is 0. The molecule has 0 unspecified atom stereocenters. The first-order valence-corrected chi connectivity index (χ1v) is 9.35. The van der Waals surface area contributed by atoms with Gasteiger partial charge in [0.05, 0.1) is 17.6 Å². The number of nitrogens with zero attached hydrogens (tertiary/aromatic N) is 3. The Kier molecular flexibility index (Phi) is 4.87. The van der Waals surface area contributed by atoms with Crippen molar-refractivity contribution in [3.8, 4) is 0 Å². The van der Waals surface area contributed by atoms with E-state index in [0.717, 1.165) is 38.4 Å². The molecule has 4 heteroatoms. The number of aromatic nitrogens is 1. The van der Waals surface area contributed by atoms with Crippen molar-refractivity contribution >= 4 is 16.5 Å². The number of rotatable bonds is 4. The zero-order valence-electron chi connectivity index (χ0n) is 15.4. The fourth-order valence-electron chi connectivity index (χ4n) is 3.93. The molecule has 1 aliphatic heterocycles. The maximum absolute atomic E-state index is 5.92. The molecular formula is C22H26N4. The first-order chi connectivity index (χ1) is 12.8. The largest absolute Gasteiger partial charge is 0.367 e. The van der Waals surface area contributed by atoms with E-state index in [0.29, 0.717) is 6.54 Å². The van der Waals surface area contributed by atoms with Crippen LogP contribution in [-0.2, 0) is 13.1 Å². The molecular weight excluding hydrogens is 320 g/mol. The molecule has 0 amide bonds. The second-order valence-corrected chi connectivity index (χ2v) is 7.04. The Morgan fingerprint density at radius 3 is 2.46 bits per heavy atom. The molecule has 4 rings (SSSR count). The molecule has 0 bridgehead atoms. The van der Waals surface area contributed by atoms with E-state index >= 15 is 0 Å². The van der Waals surface area contributed by atoms with Crippen LogP contribution in [0, 0.1) is 6.92 Å². The van der Waals surface area contributed by atoms with Gasteiger partial charge in [0, 0.05) is 50.0 Å². The third-order valence-corrected chi connectivity index (χ3v) is 5.34. The molecule has 2 heterocycles. The van der Waals surface area contributed by atoms with Crippen LogP contribution in [0.3, 0.4) is 0 Å². The van der Waals surface area contributed by atoms with E-state index in [1.807, 2.05) is 6.20 Å². The van der Waals surface area contributed by atoms with Gasteiger partial charge in [-0.3, -0.25) is 9.88 Å². The highest BCUT2D eigenvalue weighted by atomic mass is 15.3. The van der Waals surface area contributed by atoms with E-state index < -0.39 is 0 Å². The van der Waals surface area contributed by atoms with E-state index in [2.05, 4.69) is 70.2 Å². The molecule has 0 aliphatic carbocycles. The van der Waals surface area contributed by atoms with Crippen LogP contribution >= 0.6 is 0 Å². The molecule has 134 valence electrons. The summed E-state index contributed by atoms with van der Waals surface area (Å²) in [6.07, 6.45) is 2.01. The van der Waals surface area contributed by atoms with Gasteiger partial charge in [0.2, 0.25) is 0 Å². The molecule has 2 N–H and O–H groups in total. The van der Waals surface area contributed by atoms with E-state index in [1.165, 1.54) is 27.6 Å². The van der Waals surface area contributed by atoms with Crippen molar-refractivity contribution in [1.29, 1.82) is 0 Å². The molecule has 0 radical (unpaired) electrons. The molecule has 4 nitrogen and oxygen atoms in total. The third-order valence-electron chi connectivity index (χ3n) is 5.34. The second-order valence-electron chi connectivity index (χ2n) is 7.04. The number of hydrogen-bond acceptors (Lipinski definition) is 4. The topological polar surface area (TPSA) is 45.4 Å². The molecule has 1 aliphatic rings. The molecule has 0 saturated carbocycles. The summed E-state index contributed by atoms with van der Waals surface area (Å²) in [7, 11) is 0. The number of piperazine rings is 1. The summed E-state index contributed by atoms with van der Waals surface area (Å²) in [6.45, 7) is 7.84. The second kappa shape index (κ2) is 7.44. The molecule has 2 aromatic carbocycles. The number of pyridine rings is 1. The number of hydrogen-bond donors (Lipinski definition) is 1. The zero-order valence-corrected chi connectivity index (χ0v) is 15.4. The van der Waals surface area contributed by atoms with Gasteiger partial charge in [0.1, 0.15) is 0 Å². The average Bonchev–Trinajstić information content (AvgIpc) is 2.69. The van der Waals surface area contributed by atoms with E-state index in [4.69, 9.17) is 5.73 Å². The lowest BCUT2D eigenvalue weighted by Crippen LogP contribution is -2.46. The summed E-state index contributed by atoms with van der Waals surface area (Å²) >= 11 is 0. The smallest absolute Gasteiger partial charge is 0.0633 e. The minimum Gasteiger partial charge on any atom is -0.367 e. The first-order valence-electron chi connectivity index (χ1n) is 9.35. The third kappa shape index (κ3) is 3.30. The quantitative estimate of drug-likeness (QED) is 0.787. The van der Waals surface area contributed by atoms with Crippen molar-refractivity contribution in [2.75, 3.05) is 31.1 Å². The van der Waals surface area contributed by atoms with Crippen LogP contribution in [0.2, 0.25) is 0 Å². The van der Waals surface area contributed by atoms with Crippen LogP contribution in [0.25, 0.3) is 10.8 Å². The van der Waals surface area contributed by atoms with Crippen molar-refractivity contribution < 1.29 is 0 Å². The molecule has 1 saturated heterocycles. The van der Waals surface area contributed by atoms with Gasteiger partial charge in [-0.1, -0.05) is 48.5 Å². The monoisotopic (exact) mass is 346 g/mol. The minimum absolute atomic E-state index is 0.479.